The van der Waals surface area contributed by atoms with Crippen molar-refractivity contribution in [3.8, 4) is 0 Å². The second-order valence-electron chi connectivity index (χ2n) is 6.10. The lowest BCUT2D eigenvalue weighted by molar-refractivity contribution is 0.229. The quantitative estimate of drug-likeness (QED) is 0.909. The number of hydrogen-bond donors (Lipinski definition) is 1. The summed E-state index contributed by atoms with van der Waals surface area (Å²) in [5.41, 5.74) is 2.68. The zero-order valence-electron chi connectivity index (χ0n) is 12.6. The minimum atomic E-state index is 0.645. The summed E-state index contributed by atoms with van der Waals surface area (Å²) in [6.07, 6.45) is 5.21. The summed E-state index contributed by atoms with van der Waals surface area (Å²) in [5, 5.41) is 3.74. The number of hydrogen-bond acceptors (Lipinski definition) is 3. The first-order valence-electron chi connectivity index (χ1n) is 8.19. The Morgan fingerprint density at radius 3 is 2.55 bits per heavy atom. The number of anilines is 2. The molecule has 2 aliphatic rings. The van der Waals surface area contributed by atoms with Crippen molar-refractivity contribution in [3.05, 3.63) is 24.3 Å². The molecular weight excluding hydrogens is 246 g/mol. The number of piperidine rings is 1. The van der Waals surface area contributed by atoms with Gasteiger partial charge in [-0.25, -0.2) is 0 Å². The van der Waals surface area contributed by atoms with Gasteiger partial charge in [-0.2, -0.15) is 0 Å². The van der Waals surface area contributed by atoms with Gasteiger partial charge in [0, 0.05) is 43.6 Å². The molecule has 0 saturated carbocycles. The van der Waals surface area contributed by atoms with Crippen molar-refractivity contribution >= 4 is 11.4 Å². The second kappa shape index (κ2) is 6.49. The first-order valence-corrected chi connectivity index (χ1v) is 8.19. The highest BCUT2D eigenvalue weighted by atomic mass is 15.1. The third-order valence-electron chi connectivity index (χ3n) is 4.72. The lowest BCUT2D eigenvalue weighted by Crippen LogP contribution is -2.38. The average Bonchev–Trinajstić information content (AvgIpc) is 3.03. The van der Waals surface area contributed by atoms with Crippen molar-refractivity contribution in [2.24, 2.45) is 0 Å². The highest BCUT2D eigenvalue weighted by Crippen LogP contribution is 2.24. The number of nitrogens with one attached hydrogen (secondary N) is 1. The van der Waals surface area contributed by atoms with Crippen LogP contribution < -0.4 is 10.2 Å². The van der Waals surface area contributed by atoms with Gasteiger partial charge in [-0.15, -0.1) is 0 Å². The van der Waals surface area contributed by atoms with Crippen LogP contribution in [0.3, 0.4) is 0 Å². The molecule has 0 spiro atoms. The summed E-state index contributed by atoms with van der Waals surface area (Å²) in [5.74, 6) is 0. The van der Waals surface area contributed by atoms with Crippen LogP contribution in [-0.2, 0) is 0 Å². The second-order valence-corrected chi connectivity index (χ2v) is 6.10. The van der Waals surface area contributed by atoms with Crippen LogP contribution in [0.15, 0.2) is 24.3 Å². The third-order valence-corrected chi connectivity index (χ3v) is 4.72. The summed E-state index contributed by atoms with van der Waals surface area (Å²) >= 11 is 0. The molecule has 0 unspecified atom stereocenters. The fourth-order valence-corrected chi connectivity index (χ4v) is 3.40. The van der Waals surface area contributed by atoms with Gasteiger partial charge in [0.1, 0.15) is 0 Å². The maximum Gasteiger partial charge on any atom is 0.0386 e. The summed E-state index contributed by atoms with van der Waals surface area (Å²) < 4.78 is 0. The number of nitrogens with zero attached hydrogens (tertiary/aromatic N) is 2. The molecule has 3 heteroatoms. The maximum atomic E-state index is 3.74. The van der Waals surface area contributed by atoms with Crippen molar-refractivity contribution in [2.75, 3.05) is 42.9 Å². The van der Waals surface area contributed by atoms with Gasteiger partial charge >= 0.3 is 0 Å². The van der Waals surface area contributed by atoms with Crippen LogP contribution in [0.5, 0.6) is 0 Å². The van der Waals surface area contributed by atoms with Gasteiger partial charge in [-0.05, 0) is 50.4 Å². The molecule has 0 bridgehead atoms. The summed E-state index contributed by atoms with van der Waals surface area (Å²) in [4.78, 5) is 5.05. The van der Waals surface area contributed by atoms with E-state index in [2.05, 4.69) is 46.3 Å². The van der Waals surface area contributed by atoms with Gasteiger partial charge in [0.25, 0.3) is 0 Å². The van der Waals surface area contributed by atoms with E-state index in [4.69, 9.17) is 0 Å². The molecule has 0 aliphatic carbocycles. The molecular formula is C17H27N3. The lowest BCUT2D eigenvalue weighted by Gasteiger charge is -2.32. The van der Waals surface area contributed by atoms with Gasteiger partial charge < -0.3 is 15.1 Å². The molecule has 0 radical (unpaired) electrons. The summed E-state index contributed by atoms with van der Waals surface area (Å²) in [6, 6.07) is 9.63. The fourth-order valence-electron chi connectivity index (χ4n) is 3.40. The van der Waals surface area contributed by atoms with Gasteiger partial charge in [0.15, 0.2) is 0 Å². The Labute approximate surface area is 123 Å². The van der Waals surface area contributed by atoms with Crippen LogP contribution in [-0.4, -0.2) is 43.7 Å². The molecule has 1 aromatic carbocycles. The van der Waals surface area contributed by atoms with Gasteiger partial charge in [0.05, 0.1) is 0 Å². The molecule has 2 saturated heterocycles. The van der Waals surface area contributed by atoms with Gasteiger partial charge in [-0.3, -0.25) is 0 Å². The van der Waals surface area contributed by atoms with E-state index in [0.717, 1.165) is 0 Å². The van der Waals surface area contributed by atoms with Crippen LogP contribution in [0.25, 0.3) is 0 Å². The minimum Gasteiger partial charge on any atom is -0.382 e. The molecule has 2 heterocycles. The Hall–Kier alpha value is -1.22. The van der Waals surface area contributed by atoms with Gasteiger partial charge in [-0.1, -0.05) is 13.0 Å². The van der Waals surface area contributed by atoms with Crippen molar-refractivity contribution in [3.63, 3.8) is 0 Å². The zero-order chi connectivity index (χ0) is 13.8. The summed E-state index contributed by atoms with van der Waals surface area (Å²) in [6.45, 7) is 8.36. The highest BCUT2D eigenvalue weighted by Gasteiger charge is 2.18. The molecule has 20 heavy (non-hydrogen) atoms. The molecule has 2 fully saturated rings. The number of benzene rings is 1. The van der Waals surface area contributed by atoms with Crippen LogP contribution >= 0.6 is 0 Å². The highest BCUT2D eigenvalue weighted by molar-refractivity contribution is 5.58. The first kappa shape index (κ1) is 13.7. The molecule has 2 aliphatic heterocycles. The Bertz CT molecular complexity index is 418. The maximum absolute atomic E-state index is 3.74. The largest absolute Gasteiger partial charge is 0.382 e. The van der Waals surface area contributed by atoms with Crippen LogP contribution in [0, 0.1) is 0 Å². The molecule has 0 amide bonds. The molecule has 0 aromatic heterocycles. The Kier molecular flexibility index (Phi) is 4.46. The summed E-state index contributed by atoms with van der Waals surface area (Å²) in [7, 11) is 0. The van der Waals surface area contributed by atoms with Gasteiger partial charge in [0.2, 0.25) is 0 Å². The van der Waals surface area contributed by atoms with Crippen LogP contribution in [0.1, 0.15) is 32.6 Å². The van der Waals surface area contributed by atoms with E-state index in [1.165, 1.54) is 69.8 Å². The Morgan fingerprint density at radius 2 is 1.85 bits per heavy atom. The predicted molar refractivity (Wildman–Crippen MR) is 86.6 cm³/mol. The monoisotopic (exact) mass is 273 g/mol. The molecule has 0 atom stereocenters. The predicted octanol–water partition coefficient (Wildman–Crippen LogP) is 3.18. The average molecular weight is 273 g/mol. The molecule has 1 N–H and O–H groups in total. The van der Waals surface area contributed by atoms with E-state index in [-0.39, 0.29) is 0 Å². The minimum absolute atomic E-state index is 0.645. The molecule has 3 rings (SSSR count). The van der Waals surface area contributed by atoms with Crippen molar-refractivity contribution in [2.45, 2.75) is 38.6 Å². The van der Waals surface area contributed by atoms with E-state index in [1.807, 2.05) is 0 Å². The van der Waals surface area contributed by atoms with E-state index >= 15 is 0 Å². The Balaban J connectivity index is 1.58. The van der Waals surface area contributed by atoms with Crippen LogP contribution in [0.2, 0.25) is 0 Å². The molecule has 1 aromatic rings. The standard InChI is InChI=1S/C17H27N3/c1-2-19-12-8-15(9-13-19)18-16-6-5-7-17(14-16)20-10-3-4-11-20/h5-7,14-15,18H,2-4,8-13H2,1H3. The van der Waals surface area contributed by atoms with Crippen LogP contribution in [0.4, 0.5) is 11.4 Å². The zero-order valence-corrected chi connectivity index (χ0v) is 12.6. The van der Waals surface area contributed by atoms with Crippen molar-refractivity contribution < 1.29 is 0 Å². The van der Waals surface area contributed by atoms with E-state index in [1.54, 1.807) is 0 Å². The SMILES string of the molecule is CCN1CCC(Nc2cccc(N3CCCC3)c2)CC1. The van der Waals surface area contributed by atoms with E-state index in [9.17, 15) is 0 Å². The first-order chi connectivity index (χ1) is 9.85. The lowest BCUT2D eigenvalue weighted by atomic mass is 10.0. The molecule has 3 nitrogen and oxygen atoms in total. The topological polar surface area (TPSA) is 18.5 Å². The van der Waals surface area contributed by atoms with E-state index in [0.29, 0.717) is 6.04 Å². The Morgan fingerprint density at radius 1 is 1.10 bits per heavy atom. The van der Waals surface area contributed by atoms with Crippen molar-refractivity contribution in [1.29, 1.82) is 0 Å². The normalized spacial score (nSPS) is 21.4. The van der Waals surface area contributed by atoms with E-state index < -0.39 is 0 Å². The number of rotatable bonds is 4. The molecule has 110 valence electrons. The number of likely N-dealkylation sites (tertiary alicyclic amines) is 1. The third kappa shape index (κ3) is 3.26. The fraction of sp³-hybridized carbons (Fsp3) is 0.647. The smallest absolute Gasteiger partial charge is 0.0386 e. The van der Waals surface area contributed by atoms with Crippen molar-refractivity contribution in [1.82, 2.24) is 4.90 Å².